The van der Waals surface area contributed by atoms with Crippen molar-refractivity contribution in [1.29, 1.82) is 0 Å². The maximum atomic E-state index is 13.0. The third kappa shape index (κ3) is 4.29. The number of benzene rings is 2. The van der Waals surface area contributed by atoms with E-state index in [1.807, 2.05) is 42.5 Å². The first-order valence-electron chi connectivity index (χ1n) is 7.56. The molecule has 3 rings (SSSR count). The van der Waals surface area contributed by atoms with E-state index in [1.165, 1.54) is 12.1 Å². The summed E-state index contributed by atoms with van der Waals surface area (Å²) in [6, 6.07) is 16.5. The zero-order chi connectivity index (χ0) is 15.2. The van der Waals surface area contributed by atoms with Gasteiger partial charge in [-0.3, -0.25) is 4.90 Å². The highest BCUT2D eigenvalue weighted by atomic mass is 19.1. The lowest BCUT2D eigenvalue weighted by Crippen LogP contribution is -2.35. The first-order chi connectivity index (χ1) is 10.8. The molecule has 0 aliphatic carbocycles. The summed E-state index contributed by atoms with van der Waals surface area (Å²) < 4.78 is 24.6. The normalized spacial score (nSPS) is 19.6. The van der Waals surface area contributed by atoms with Gasteiger partial charge in [-0.05, 0) is 29.8 Å². The molecule has 0 spiro atoms. The molecule has 116 valence electrons. The number of para-hydroxylation sites is 1. The molecule has 0 radical (unpaired) electrons. The van der Waals surface area contributed by atoms with Gasteiger partial charge in [0.15, 0.2) is 0 Å². The standard InChI is InChI=1S/C18H20FNO2/c19-16-8-6-15(7-9-16)12-20-10-11-21-14-18(13-20)22-17-4-2-1-3-5-17/h1-9,18H,10-14H2/t18-/m1/s1. The van der Waals surface area contributed by atoms with Crippen LogP contribution < -0.4 is 4.74 Å². The Balaban J connectivity index is 1.61. The van der Waals surface area contributed by atoms with E-state index < -0.39 is 0 Å². The molecular formula is C18H20FNO2. The molecule has 4 heteroatoms. The minimum absolute atomic E-state index is 0.00495. The first-order valence-corrected chi connectivity index (χ1v) is 7.56. The summed E-state index contributed by atoms with van der Waals surface area (Å²) in [5, 5.41) is 0. The lowest BCUT2D eigenvalue weighted by Gasteiger charge is -2.24. The second kappa shape index (κ2) is 7.38. The van der Waals surface area contributed by atoms with Crippen LogP contribution in [0.1, 0.15) is 5.56 Å². The van der Waals surface area contributed by atoms with Crippen molar-refractivity contribution in [3.63, 3.8) is 0 Å². The van der Waals surface area contributed by atoms with E-state index >= 15 is 0 Å². The Bertz CT molecular complexity index is 573. The smallest absolute Gasteiger partial charge is 0.135 e. The molecule has 1 aliphatic heterocycles. The van der Waals surface area contributed by atoms with Gasteiger partial charge in [-0.15, -0.1) is 0 Å². The third-order valence-corrected chi connectivity index (χ3v) is 3.68. The van der Waals surface area contributed by atoms with Gasteiger partial charge in [0.2, 0.25) is 0 Å². The lowest BCUT2D eigenvalue weighted by molar-refractivity contribution is 0.0710. The van der Waals surface area contributed by atoms with Gasteiger partial charge in [-0.25, -0.2) is 4.39 Å². The van der Waals surface area contributed by atoms with Gasteiger partial charge in [-0.1, -0.05) is 30.3 Å². The van der Waals surface area contributed by atoms with Crippen molar-refractivity contribution in [3.05, 3.63) is 66.0 Å². The summed E-state index contributed by atoms with van der Waals surface area (Å²) in [4.78, 5) is 2.29. The number of hydrogen-bond acceptors (Lipinski definition) is 3. The molecule has 0 saturated carbocycles. The monoisotopic (exact) mass is 301 g/mol. The summed E-state index contributed by atoms with van der Waals surface area (Å²) in [6.45, 7) is 3.71. The van der Waals surface area contributed by atoms with Crippen molar-refractivity contribution in [2.45, 2.75) is 12.6 Å². The van der Waals surface area contributed by atoms with Gasteiger partial charge in [0.25, 0.3) is 0 Å². The van der Waals surface area contributed by atoms with Crippen LogP contribution in [0.15, 0.2) is 54.6 Å². The largest absolute Gasteiger partial charge is 0.487 e. The van der Waals surface area contributed by atoms with Crippen molar-refractivity contribution in [2.75, 3.05) is 26.3 Å². The van der Waals surface area contributed by atoms with Crippen LogP contribution in [0.4, 0.5) is 4.39 Å². The molecule has 1 atom stereocenters. The maximum Gasteiger partial charge on any atom is 0.135 e. The van der Waals surface area contributed by atoms with Crippen molar-refractivity contribution < 1.29 is 13.9 Å². The van der Waals surface area contributed by atoms with Crippen molar-refractivity contribution in [1.82, 2.24) is 4.90 Å². The maximum absolute atomic E-state index is 13.0. The Labute approximate surface area is 130 Å². The summed E-state index contributed by atoms with van der Waals surface area (Å²) in [5.41, 5.74) is 1.10. The Morgan fingerprint density at radius 3 is 2.64 bits per heavy atom. The highest BCUT2D eigenvalue weighted by Gasteiger charge is 2.20. The molecule has 22 heavy (non-hydrogen) atoms. The zero-order valence-corrected chi connectivity index (χ0v) is 12.5. The van der Waals surface area contributed by atoms with E-state index in [4.69, 9.17) is 9.47 Å². The number of hydrogen-bond donors (Lipinski definition) is 0. The highest BCUT2D eigenvalue weighted by molar-refractivity contribution is 5.21. The van der Waals surface area contributed by atoms with Crippen LogP contribution >= 0.6 is 0 Å². The minimum atomic E-state index is -0.201. The molecule has 0 N–H and O–H groups in total. The Morgan fingerprint density at radius 2 is 1.86 bits per heavy atom. The molecule has 1 heterocycles. The predicted molar refractivity (Wildman–Crippen MR) is 83.4 cm³/mol. The van der Waals surface area contributed by atoms with E-state index in [0.717, 1.165) is 30.9 Å². The van der Waals surface area contributed by atoms with Gasteiger partial charge in [-0.2, -0.15) is 0 Å². The molecule has 1 saturated heterocycles. The molecule has 0 amide bonds. The zero-order valence-electron chi connectivity index (χ0n) is 12.5. The summed E-state index contributed by atoms with van der Waals surface area (Å²) in [6.07, 6.45) is 0.00495. The molecule has 0 aromatic heterocycles. The summed E-state index contributed by atoms with van der Waals surface area (Å²) in [7, 11) is 0. The fourth-order valence-electron chi connectivity index (χ4n) is 2.59. The van der Waals surface area contributed by atoms with E-state index in [2.05, 4.69) is 4.90 Å². The van der Waals surface area contributed by atoms with Gasteiger partial charge >= 0.3 is 0 Å². The van der Waals surface area contributed by atoms with E-state index in [-0.39, 0.29) is 11.9 Å². The van der Waals surface area contributed by atoms with Crippen molar-refractivity contribution >= 4 is 0 Å². The van der Waals surface area contributed by atoms with E-state index in [1.54, 1.807) is 0 Å². The summed E-state index contributed by atoms with van der Waals surface area (Å²) in [5.74, 6) is 0.660. The van der Waals surface area contributed by atoms with Crippen LogP contribution in [0, 0.1) is 5.82 Å². The first kappa shape index (κ1) is 15.0. The Kier molecular flexibility index (Phi) is 5.03. The van der Waals surface area contributed by atoms with Crippen LogP contribution in [0.25, 0.3) is 0 Å². The van der Waals surface area contributed by atoms with Gasteiger partial charge in [0, 0.05) is 19.6 Å². The second-order valence-electron chi connectivity index (χ2n) is 5.49. The molecule has 2 aromatic carbocycles. The van der Waals surface area contributed by atoms with Crippen LogP contribution in [-0.2, 0) is 11.3 Å². The fourth-order valence-corrected chi connectivity index (χ4v) is 2.59. The minimum Gasteiger partial charge on any atom is -0.487 e. The number of halogens is 1. The molecule has 0 unspecified atom stereocenters. The predicted octanol–water partition coefficient (Wildman–Crippen LogP) is 3.11. The second-order valence-corrected chi connectivity index (χ2v) is 5.49. The van der Waals surface area contributed by atoms with Crippen LogP contribution in [0.5, 0.6) is 5.75 Å². The van der Waals surface area contributed by atoms with Crippen LogP contribution in [0.3, 0.4) is 0 Å². The average molecular weight is 301 g/mol. The van der Waals surface area contributed by atoms with E-state index in [9.17, 15) is 4.39 Å². The van der Waals surface area contributed by atoms with Gasteiger partial charge < -0.3 is 9.47 Å². The molecule has 1 fully saturated rings. The van der Waals surface area contributed by atoms with Crippen LogP contribution in [0.2, 0.25) is 0 Å². The third-order valence-electron chi connectivity index (χ3n) is 3.68. The quantitative estimate of drug-likeness (QED) is 0.866. The Hall–Kier alpha value is -1.91. The SMILES string of the molecule is Fc1ccc(CN2CCOC[C@H](Oc3ccccc3)C2)cc1. The Morgan fingerprint density at radius 1 is 1.09 bits per heavy atom. The molecule has 2 aromatic rings. The van der Waals surface area contributed by atoms with E-state index in [0.29, 0.717) is 13.2 Å². The lowest BCUT2D eigenvalue weighted by atomic mass is 10.2. The highest BCUT2D eigenvalue weighted by Crippen LogP contribution is 2.15. The fraction of sp³-hybridized carbons (Fsp3) is 0.333. The van der Waals surface area contributed by atoms with Gasteiger partial charge in [0.1, 0.15) is 17.7 Å². The molecule has 3 nitrogen and oxygen atoms in total. The molecule has 0 bridgehead atoms. The van der Waals surface area contributed by atoms with Crippen molar-refractivity contribution in [3.8, 4) is 5.75 Å². The van der Waals surface area contributed by atoms with Gasteiger partial charge in [0.05, 0.1) is 13.2 Å². The topological polar surface area (TPSA) is 21.7 Å². The number of nitrogens with zero attached hydrogens (tertiary/aromatic N) is 1. The summed E-state index contributed by atoms with van der Waals surface area (Å²) >= 11 is 0. The molecule has 1 aliphatic rings. The number of ether oxygens (including phenoxy) is 2. The molecular weight excluding hydrogens is 281 g/mol. The van der Waals surface area contributed by atoms with Crippen LogP contribution in [-0.4, -0.2) is 37.3 Å². The van der Waals surface area contributed by atoms with Crippen molar-refractivity contribution in [2.24, 2.45) is 0 Å². The number of rotatable bonds is 4. The average Bonchev–Trinajstić information content (AvgIpc) is 2.76.